The summed E-state index contributed by atoms with van der Waals surface area (Å²) in [5.74, 6) is 9.57. The van der Waals surface area contributed by atoms with Crippen LogP contribution in [-0.4, -0.2) is 22.3 Å². The van der Waals surface area contributed by atoms with Crippen LogP contribution in [0, 0.1) is 35.8 Å². The SMILES string of the molecule is O[B-](O)=C1C#CC#C1.[C]1=C=C=C=[C-]1.[Fe+2]. The van der Waals surface area contributed by atoms with Crippen molar-refractivity contribution >= 4 is 12.2 Å². The van der Waals surface area contributed by atoms with Crippen molar-refractivity contribution in [2.45, 2.75) is 0 Å². The van der Waals surface area contributed by atoms with E-state index in [1.807, 2.05) is 0 Å². The van der Waals surface area contributed by atoms with Gasteiger partial charge in [-0.25, -0.2) is 5.73 Å². The first-order valence-corrected chi connectivity index (χ1v) is 3.31. The third kappa shape index (κ3) is 4.32. The Kier molecular flexibility index (Phi) is 5.90. The van der Waals surface area contributed by atoms with E-state index in [0.29, 0.717) is 0 Å². The molecule has 2 nitrogen and oxygen atoms in total. The quantitative estimate of drug-likeness (QED) is 0.235. The Labute approximate surface area is 92.6 Å². The predicted molar refractivity (Wildman–Crippen MR) is 47.8 cm³/mol. The summed E-state index contributed by atoms with van der Waals surface area (Å²) in [5, 5.41) is 16.7. The second-order valence-electron chi connectivity index (χ2n) is 1.91. The van der Waals surface area contributed by atoms with E-state index in [2.05, 4.69) is 53.0 Å². The van der Waals surface area contributed by atoms with E-state index in [-0.39, 0.29) is 22.5 Å². The molecule has 2 N–H and O–H groups in total. The molecule has 65 valence electrons. The molecule has 14 heavy (non-hydrogen) atoms. The number of rotatable bonds is 0. The van der Waals surface area contributed by atoms with Crippen LogP contribution in [0.1, 0.15) is 0 Å². The summed E-state index contributed by atoms with van der Waals surface area (Å²) in [6, 6.07) is 0. The Morgan fingerprint density at radius 3 is 1.93 bits per heavy atom. The van der Waals surface area contributed by atoms with Gasteiger partial charge in [-0.2, -0.15) is 0 Å². The molecule has 2 rings (SSSR count). The minimum Gasteiger partial charge on any atom is -0.735 e. The normalized spacial score (nSPS) is 10.4. The molecule has 0 bridgehead atoms. The van der Waals surface area contributed by atoms with Gasteiger partial charge in [0.15, 0.2) is 0 Å². The van der Waals surface area contributed by atoms with Gasteiger partial charge in [-0.05, 0) is 17.3 Å². The fourth-order valence-electron chi connectivity index (χ4n) is 0.514. The maximum absolute atomic E-state index is 8.37. The molecule has 0 atom stereocenters. The zero-order valence-corrected chi connectivity index (χ0v) is 7.93. The van der Waals surface area contributed by atoms with Gasteiger partial charge in [0.25, 0.3) is 6.76 Å². The van der Waals surface area contributed by atoms with Gasteiger partial charge >= 0.3 is 17.1 Å². The Hall–Kier alpha value is -1.75. The van der Waals surface area contributed by atoms with Crippen LogP contribution >= 0.6 is 0 Å². The zero-order valence-electron chi connectivity index (χ0n) is 6.83. The van der Waals surface area contributed by atoms with Gasteiger partial charge in [-0.15, -0.1) is 12.2 Å². The third-order valence-electron chi connectivity index (χ3n) is 1.03. The summed E-state index contributed by atoms with van der Waals surface area (Å²) in [4.78, 5) is 0. The van der Waals surface area contributed by atoms with Crippen molar-refractivity contribution in [1.82, 2.24) is 0 Å². The van der Waals surface area contributed by atoms with Gasteiger partial charge in [0, 0.05) is 0 Å². The molecule has 0 saturated heterocycles. The average molecular weight is 221 g/mol. The van der Waals surface area contributed by atoms with Crippen molar-refractivity contribution < 1.29 is 27.1 Å². The summed E-state index contributed by atoms with van der Waals surface area (Å²) in [6.45, 7) is -1.49. The molecular weight excluding hydrogens is 219 g/mol. The van der Waals surface area contributed by atoms with Gasteiger partial charge in [0.1, 0.15) is 0 Å². The third-order valence-corrected chi connectivity index (χ3v) is 1.03. The first-order valence-electron chi connectivity index (χ1n) is 3.31. The second kappa shape index (κ2) is 6.74. The van der Waals surface area contributed by atoms with Crippen LogP contribution in [0.15, 0.2) is 17.2 Å². The molecule has 1 radical (unpaired) electrons. The molecule has 0 spiro atoms. The molecular formula is C10H2BFeO2. The fraction of sp³-hybridized carbons (Fsp3) is 0. The van der Waals surface area contributed by atoms with E-state index >= 15 is 0 Å². The Balaban J connectivity index is 0.000000246. The van der Waals surface area contributed by atoms with Crippen molar-refractivity contribution in [1.29, 1.82) is 0 Å². The van der Waals surface area contributed by atoms with Crippen molar-refractivity contribution in [3.8, 4) is 23.7 Å². The second-order valence-corrected chi connectivity index (χ2v) is 1.91. The van der Waals surface area contributed by atoms with E-state index in [1.165, 1.54) is 0 Å². The standard InChI is InChI=1S/C5H2BO2.C5.Fe/c7-6(8)5-3-1-2-4-5;1-2-4-5-3-1;/h7-8H;;/q2*-1;+2. The van der Waals surface area contributed by atoms with Gasteiger partial charge < -0.3 is 10.0 Å². The van der Waals surface area contributed by atoms with Crippen molar-refractivity contribution in [3.05, 3.63) is 29.3 Å². The summed E-state index contributed by atoms with van der Waals surface area (Å²) in [7, 11) is 0. The van der Waals surface area contributed by atoms with Gasteiger partial charge in [0.05, 0.1) is 0 Å². The van der Waals surface area contributed by atoms with Crippen molar-refractivity contribution in [2.24, 2.45) is 0 Å². The van der Waals surface area contributed by atoms with Crippen LogP contribution < -0.4 is 0 Å². The summed E-state index contributed by atoms with van der Waals surface area (Å²) < 4.78 is 0. The molecule has 0 aromatic rings. The smallest absolute Gasteiger partial charge is 0.735 e. The molecule has 0 saturated carbocycles. The van der Waals surface area contributed by atoms with Crippen LogP contribution in [0.25, 0.3) is 0 Å². The zero-order chi connectivity index (χ0) is 9.52. The van der Waals surface area contributed by atoms with Crippen LogP contribution in [0.4, 0.5) is 0 Å². The Morgan fingerprint density at radius 1 is 1.07 bits per heavy atom. The van der Waals surface area contributed by atoms with E-state index in [0.717, 1.165) is 0 Å². The molecule has 0 unspecified atom stereocenters. The van der Waals surface area contributed by atoms with E-state index in [4.69, 9.17) is 10.0 Å². The predicted octanol–water partition coefficient (Wildman–Crippen LogP) is -1.14. The Morgan fingerprint density at radius 2 is 1.71 bits per heavy atom. The maximum atomic E-state index is 8.37. The molecule has 2 aliphatic rings. The number of hydrogen-bond donors (Lipinski definition) is 2. The van der Waals surface area contributed by atoms with E-state index in [1.54, 1.807) is 0 Å². The minimum absolute atomic E-state index is 0. The van der Waals surface area contributed by atoms with Crippen molar-refractivity contribution in [3.63, 3.8) is 0 Å². The summed E-state index contributed by atoms with van der Waals surface area (Å²) >= 11 is 0. The van der Waals surface area contributed by atoms with Crippen molar-refractivity contribution in [2.75, 3.05) is 0 Å². The molecule has 0 aromatic heterocycles. The largest absolute Gasteiger partial charge is 2.00 e. The topological polar surface area (TPSA) is 40.5 Å². The van der Waals surface area contributed by atoms with Crippen LogP contribution in [0.3, 0.4) is 0 Å². The first-order chi connectivity index (χ1) is 6.30. The molecule has 2 aliphatic carbocycles. The van der Waals surface area contributed by atoms with E-state index < -0.39 is 6.76 Å². The number of allylic oxidation sites excluding steroid dienone is 2. The van der Waals surface area contributed by atoms with Crippen LogP contribution in [0.5, 0.6) is 0 Å². The molecule has 0 fully saturated rings. The minimum atomic E-state index is -1.49. The molecule has 0 aliphatic heterocycles. The summed E-state index contributed by atoms with van der Waals surface area (Å²) in [5.41, 5.74) is 7.69. The first kappa shape index (κ1) is 12.3. The maximum Gasteiger partial charge on any atom is 2.00 e. The van der Waals surface area contributed by atoms with Gasteiger partial charge in [-0.3, -0.25) is 11.5 Å². The molecule has 4 heteroatoms. The van der Waals surface area contributed by atoms with Crippen LogP contribution in [0.2, 0.25) is 0 Å². The molecule has 0 aromatic carbocycles. The molecule has 0 amide bonds. The number of hydrogen-bond acceptors (Lipinski definition) is 2. The average Bonchev–Trinajstić information content (AvgIpc) is 2.82. The van der Waals surface area contributed by atoms with Crippen LogP contribution in [-0.2, 0) is 17.1 Å². The fourth-order valence-corrected chi connectivity index (χ4v) is 0.514. The van der Waals surface area contributed by atoms with E-state index in [9.17, 15) is 0 Å². The van der Waals surface area contributed by atoms with Gasteiger partial charge in [-0.1, -0.05) is 11.8 Å². The summed E-state index contributed by atoms with van der Waals surface area (Å²) in [6.07, 6.45) is 5.00. The monoisotopic (exact) mass is 221 g/mol. The van der Waals surface area contributed by atoms with Gasteiger partial charge in [0.2, 0.25) is 0 Å². The molecule has 0 heterocycles. The Bertz CT molecular complexity index is 462.